The van der Waals surface area contributed by atoms with Gasteiger partial charge in [0.15, 0.2) is 0 Å². The maximum atomic E-state index is 11.5. The second-order valence-corrected chi connectivity index (χ2v) is 10.7. The summed E-state index contributed by atoms with van der Waals surface area (Å²) in [5.41, 5.74) is 1.81. The number of likely N-dealkylation sites (N-methyl/N-ethyl adjacent to an activating group) is 1. The number of hydrogen-bond donors (Lipinski definition) is 3. The molecule has 0 spiro atoms. The van der Waals surface area contributed by atoms with Crippen LogP contribution in [0.4, 0.5) is 0 Å². The maximum Gasteiger partial charge on any atom is 0.237 e. The summed E-state index contributed by atoms with van der Waals surface area (Å²) in [6.45, 7) is 4.45. The van der Waals surface area contributed by atoms with Gasteiger partial charge >= 0.3 is 0 Å². The van der Waals surface area contributed by atoms with Gasteiger partial charge in [-0.05, 0) is 83.2 Å². The lowest BCUT2D eigenvalue weighted by atomic mass is 10.2. The number of aromatic amines is 1. The van der Waals surface area contributed by atoms with Crippen molar-refractivity contribution >= 4 is 29.8 Å². The molecule has 0 aliphatic carbocycles. The lowest BCUT2D eigenvalue weighted by Gasteiger charge is -2.25. The summed E-state index contributed by atoms with van der Waals surface area (Å²) in [4.78, 5) is 43.0. The fraction of sp³-hybridized carbons (Fsp3) is 0.312. The number of amides is 1. The molecule has 0 radical (unpaired) electrons. The Labute approximate surface area is 251 Å². The Morgan fingerprint density at radius 2 is 1.83 bits per heavy atom. The Morgan fingerprint density at radius 1 is 1.12 bits per heavy atom. The van der Waals surface area contributed by atoms with Gasteiger partial charge in [-0.3, -0.25) is 9.59 Å². The van der Waals surface area contributed by atoms with Crippen LogP contribution in [0.15, 0.2) is 78.4 Å². The highest BCUT2D eigenvalue weighted by atomic mass is 32.1. The molecule has 1 saturated heterocycles. The number of benzene rings is 2. The minimum absolute atomic E-state index is 0.0181. The van der Waals surface area contributed by atoms with E-state index in [0.717, 1.165) is 48.3 Å². The van der Waals surface area contributed by atoms with Gasteiger partial charge in [-0.15, -0.1) is 11.3 Å². The maximum absolute atomic E-state index is 11.5. The summed E-state index contributed by atoms with van der Waals surface area (Å²) in [6, 6.07) is 19.1. The van der Waals surface area contributed by atoms with Crippen LogP contribution < -0.4 is 15.4 Å². The molecule has 3 N–H and O–H groups in total. The SMILES string of the molecule is CNC(C)c1cc(-c2ncc[nH]2)cs1.CNCC(=O)N1C(C)CCC1C=O.O=Cc1ccc(Oc2ccccc2)cc1. The largest absolute Gasteiger partial charge is 0.457 e. The van der Waals surface area contributed by atoms with Crippen LogP contribution in [-0.2, 0) is 9.59 Å². The highest BCUT2D eigenvalue weighted by Gasteiger charge is 2.33. The molecule has 42 heavy (non-hydrogen) atoms. The van der Waals surface area contributed by atoms with Crippen molar-refractivity contribution in [1.29, 1.82) is 0 Å². The zero-order valence-corrected chi connectivity index (χ0v) is 25.3. The molecule has 10 heteroatoms. The molecule has 1 amide bonds. The van der Waals surface area contributed by atoms with E-state index in [9.17, 15) is 14.4 Å². The van der Waals surface area contributed by atoms with E-state index >= 15 is 0 Å². The molecule has 3 heterocycles. The highest BCUT2D eigenvalue weighted by molar-refractivity contribution is 7.10. The van der Waals surface area contributed by atoms with Crippen molar-refractivity contribution in [2.24, 2.45) is 0 Å². The van der Waals surface area contributed by atoms with E-state index in [1.165, 1.54) is 4.88 Å². The van der Waals surface area contributed by atoms with Gasteiger partial charge in [0.05, 0.1) is 12.6 Å². The Hall–Kier alpha value is -4.12. The Bertz CT molecular complexity index is 1360. The minimum Gasteiger partial charge on any atom is -0.457 e. The van der Waals surface area contributed by atoms with E-state index in [0.29, 0.717) is 18.2 Å². The molecule has 9 nitrogen and oxygen atoms in total. The smallest absolute Gasteiger partial charge is 0.237 e. The zero-order valence-electron chi connectivity index (χ0n) is 24.4. The Morgan fingerprint density at radius 3 is 2.43 bits per heavy atom. The number of H-pyrrole nitrogens is 1. The van der Waals surface area contributed by atoms with Gasteiger partial charge in [0, 0.05) is 45.9 Å². The molecule has 0 bridgehead atoms. The fourth-order valence-electron chi connectivity index (χ4n) is 4.33. The van der Waals surface area contributed by atoms with Crippen molar-refractivity contribution in [3.05, 3.63) is 88.9 Å². The number of hydrogen-bond acceptors (Lipinski definition) is 8. The Kier molecular flexibility index (Phi) is 13.1. The van der Waals surface area contributed by atoms with Gasteiger partial charge in [-0.2, -0.15) is 0 Å². The van der Waals surface area contributed by atoms with Crippen molar-refractivity contribution in [2.75, 3.05) is 20.6 Å². The third-order valence-electron chi connectivity index (χ3n) is 6.73. The second-order valence-electron chi connectivity index (χ2n) is 9.75. The standard InChI is InChI=1S/C13H10O2.C10H13N3S.C9H16N2O2/c14-10-11-6-8-13(9-7-11)15-12-4-2-1-3-5-12;1-7(11-2)9-5-8(6-14-9)10-12-3-4-13-10;1-7-3-4-8(6-12)11(7)9(13)5-10-2/h1-10H;3-7,11H,1-2H3,(H,12,13);6-8,10H,3-5H2,1-2H3. The van der Waals surface area contributed by atoms with Crippen LogP contribution in [0.25, 0.3) is 11.4 Å². The average Bonchev–Trinajstić information content (AvgIpc) is 3.80. The molecule has 222 valence electrons. The summed E-state index contributed by atoms with van der Waals surface area (Å²) in [5, 5.41) is 8.15. The molecule has 3 atom stereocenters. The molecule has 4 aromatic rings. The summed E-state index contributed by atoms with van der Waals surface area (Å²) in [6.07, 6.45) is 7.03. The predicted octanol–water partition coefficient (Wildman–Crippen LogP) is 5.49. The predicted molar refractivity (Wildman–Crippen MR) is 167 cm³/mol. The number of nitrogens with zero attached hydrogens (tertiary/aromatic N) is 2. The van der Waals surface area contributed by atoms with Gasteiger partial charge in [-0.25, -0.2) is 4.98 Å². The number of aldehydes is 2. The van der Waals surface area contributed by atoms with Gasteiger partial charge in [0.25, 0.3) is 0 Å². The molecule has 2 aromatic heterocycles. The van der Waals surface area contributed by atoms with E-state index in [4.69, 9.17) is 4.74 Å². The van der Waals surface area contributed by atoms with Crippen molar-refractivity contribution in [3.8, 4) is 22.9 Å². The fourth-order valence-corrected chi connectivity index (χ4v) is 5.29. The van der Waals surface area contributed by atoms with Crippen molar-refractivity contribution in [3.63, 3.8) is 0 Å². The van der Waals surface area contributed by atoms with E-state index in [1.54, 1.807) is 53.7 Å². The number of para-hydroxylation sites is 1. The molecule has 5 rings (SSSR count). The van der Waals surface area contributed by atoms with Crippen LogP contribution in [0.2, 0.25) is 0 Å². The highest BCUT2D eigenvalue weighted by Crippen LogP contribution is 2.27. The summed E-state index contributed by atoms with van der Waals surface area (Å²) in [5.74, 6) is 2.48. The number of carbonyl (C=O) groups excluding carboxylic acids is 3. The van der Waals surface area contributed by atoms with Gasteiger partial charge in [0.1, 0.15) is 29.9 Å². The van der Waals surface area contributed by atoms with Crippen LogP contribution in [-0.4, -0.2) is 66.1 Å². The topological polar surface area (TPSA) is 116 Å². The first kappa shape index (κ1) is 32.4. The number of likely N-dealkylation sites (tertiary alicyclic amines) is 1. The van der Waals surface area contributed by atoms with E-state index in [-0.39, 0.29) is 18.0 Å². The molecule has 2 aromatic carbocycles. The lowest BCUT2D eigenvalue weighted by molar-refractivity contribution is -0.135. The Balaban J connectivity index is 0.000000173. The normalized spacial score (nSPS) is 16.3. The number of ether oxygens (including phenoxy) is 1. The minimum atomic E-state index is -0.198. The quantitative estimate of drug-likeness (QED) is 0.221. The number of aromatic nitrogens is 2. The first-order chi connectivity index (χ1) is 20.4. The molecular formula is C32H39N5O4S. The van der Waals surface area contributed by atoms with E-state index in [2.05, 4.69) is 39.0 Å². The zero-order chi connectivity index (χ0) is 30.3. The van der Waals surface area contributed by atoms with E-state index in [1.807, 2.05) is 50.5 Å². The van der Waals surface area contributed by atoms with Gasteiger partial charge in [0.2, 0.25) is 5.91 Å². The molecule has 1 fully saturated rings. The third-order valence-corrected chi connectivity index (χ3v) is 7.85. The summed E-state index contributed by atoms with van der Waals surface area (Å²) in [7, 11) is 3.70. The van der Waals surface area contributed by atoms with Crippen molar-refractivity contribution in [1.82, 2.24) is 25.5 Å². The molecular weight excluding hydrogens is 550 g/mol. The molecule has 1 aliphatic heterocycles. The molecule has 0 saturated carbocycles. The van der Waals surface area contributed by atoms with Crippen molar-refractivity contribution in [2.45, 2.75) is 44.8 Å². The van der Waals surface area contributed by atoms with Crippen LogP contribution in [0.1, 0.15) is 48.0 Å². The number of rotatable bonds is 9. The van der Waals surface area contributed by atoms with Gasteiger partial charge < -0.3 is 30.0 Å². The number of nitrogens with one attached hydrogen (secondary N) is 3. The van der Waals surface area contributed by atoms with Crippen LogP contribution >= 0.6 is 11.3 Å². The second kappa shape index (κ2) is 17.0. The molecule has 3 unspecified atom stereocenters. The summed E-state index contributed by atoms with van der Waals surface area (Å²) < 4.78 is 5.56. The van der Waals surface area contributed by atoms with Crippen LogP contribution in [0, 0.1) is 0 Å². The lowest BCUT2D eigenvalue weighted by Crippen LogP contribution is -2.44. The molecule has 1 aliphatic rings. The summed E-state index contributed by atoms with van der Waals surface area (Å²) >= 11 is 1.76. The number of carbonyl (C=O) groups is 3. The van der Waals surface area contributed by atoms with Crippen molar-refractivity contribution < 1.29 is 19.1 Å². The van der Waals surface area contributed by atoms with Gasteiger partial charge in [-0.1, -0.05) is 18.2 Å². The average molecular weight is 590 g/mol. The van der Waals surface area contributed by atoms with Crippen LogP contribution in [0.5, 0.6) is 11.5 Å². The third kappa shape index (κ3) is 9.47. The number of thiophene rings is 1. The first-order valence-corrected chi connectivity index (χ1v) is 14.7. The number of imidazole rings is 1. The van der Waals surface area contributed by atoms with Crippen LogP contribution in [0.3, 0.4) is 0 Å². The van der Waals surface area contributed by atoms with E-state index < -0.39 is 0 Å². The monoisotopic (exact) mass is 589 g/mol. The first-order valence-electron chi connectivity index (χ1n) is 13.8.